The van der Waals surface area contributed by atoms with Gasteiger partial charge in [-0.25, -0.2) is 18.7 Å². The zero-order chi connectivity index (χ0) is 25.1. The van der Waals surface area contributed by atoms with Crippen LogP contribution in [0.25, 0.3) is 0 Å². The fraction of sp³-hybridized carbons (Fsp3) is 0.500. The molecule has 2 aromatic rings. The molecule has 0 saturated heterocycles. The highest BCUT2D eigenvalue weighted by Crippen LogP contribution is 2.15. The van der Waals surface area contributed by atoms with E-state index < -0.39 is 55.4 Å². The van der Waals surface area contributed by atoms with E-state index >= 15 is 0 Å². The average Bonchev–Trinajstić information content (AvgIpc) is 2.62. The van der Waals surface area contributed by atoms with Gasteiger partial charge >= 0.3 is 23.2 Å². The Kier molecular flexibility index (Phi) is 6.39. The van der Waals surface area contributed by atoms with Crippen LogP contribution in [0.2, 0.25) is 10.0 Å². The average molecular weight is 487 g/mol. The smallest absolute Gasteiger partial charge is 0.267 e. The first-order chi connectivity index (χ1) is 14.4. The summed E-state index contributed by atoms with van der Waals surface area (Å²) in [6, 6.07) is 0. The fourth-order valence-corrected chi connectivity index (χ4v) is 3.55. The molecule has 0 aliphatic rings. The monoisotopic (exact) mass is 486 g/mol. The van der Waals surface area contributed by atoms with Crippen molar-refractivity contribution < 1.29 is 9.59 Å². The highest BCUT2D eigenvalue weighted by atomic mass is 35.5. The molecule has 0 fully saturated rings. The molecule has 0 N–H and O–H groups in total. The predicted molar refractivity (Wildman–Crippen MR) is 121 cm³/mol. The summed E-state index contributed by atoms with van der Waals surface area (Å²) >= 11 is 12.1. The summed E-state index contributed by atoms with van der Waals surface area (Å²) in [6.07, 6.45) is 0. The van der Waals surface area contributed by atoms with Gasteiger partial charge < -0.3 is 0 Å². The Labute approximate surface area is 192 Å². The normalized spacial score (nSPS) is 12.2. The van der Waals surface area contributed by atoms with Crippen LogP contribution in [-0.2, 0) is 11.1 Å². The summed E-state index contributed by atoms with van der Waals surface area (Å²) in [4.78, 5) is 77.4. The number of rotatable bonds is 0. The van der Waals surface area contributed by atoms with Gasteiger partial charge in [0.25, 0.3) is 11.1 Å². The summed E-state index contributed by atoms with van der Waals surface area (Å²) in [5.74, 6) is -2.87. The van der Waals surface area contributed by atoms with Crippen molar-refractivity contribution in [1.82, 2.24) is 18.3 Å². The highest BCUT2D eigenvalue weighted by Gasteiger charge is 2.33. The van der Waals surface area contributed by atoms with Gasteiger partial charge in [-0.2, -0.15) is 0 Å². The summed E-state index contributed by atoms with van der Waals surface area (Å²) in [5.41, 5.74) is -6.49. The molecule has 0 radical (unpaired) electrons. The van der Waals surface area contributed by atoms with E-state index in [0.717, 1.165) is 9.13 Å². The van der Waals surface area contributed by atoms with Gasteiger partial charge in [-0.3, -0.25) is 28.3 Å². The molecule has 0 aliphatic carbocycles. The van der Waals surface area contributed by atoms with Crippen molar-refractivity contribution >= 4 is 35.0 Å². The molecule has 2 rings (SSSR count). The number of hydrogen-bond donors (Lipinski definition) is 0. The van der Waals surface area contributed by atoms with E-state index in [9.17, 15) is 28.8 Å². The molecular weight excluding hydrogens is 463 g/mol. The summed E-state index contributed by atoms with van der Waals surface area (Å²) < 4.78 is 2.35. The summed E-state index contributed by atoms with van der Waals surface area (Å²) in [5, 5.41) is -0.857. The molecule has 0 unspecified atom stereocenters. The van der Waals surface area contributed by atoms with Crippen LogP contribution < -0.4 is 22.5 Å². The van der Waals surface area contributed by atoms with Gasteiger partial charge in [0.2, 0.25) is 0 Å². The van der Waals surface area contributed by atoms with Crippen LogP contribution in [-0.4, -0.2) is 30.1 Å². The third kappa shape index (κ3) is 3.93. The molecule has 0 bridgehead atoms. The molecule has 32 heavy (non-hydrogen) atoms. The van der Waals surface area contributed by atoms with E-state index in [0.29, 0.717) is 9.13 Å². The number of halogens is 2. The van der Waals surface area contributed by atoms with E-state index in [1.807, 2.05) is 0 Å². The molecule has 2 heterocycles. The maximum Gasteiger partial charge on any atom is 0.339 e. The van der Waals surface area contributed by atoms with Gasteiger partial charge in [-0.15, -0.1) is 0 Å². The van der Waals surface area contributed by atoms with Crippen molar-refractivity contribution in [2.75, 3.05) is 0 Å². The first-order valence-corrected chi connectivity index (χ1v) is 10.3. The SMILES string of the molecule is Cc1c(Cl)c(=O)n(C(C)(C)C)c(=O)n1C(=O)C(=O)n1c(C)c(Cl)c(=O)n(C(C)(C)C)c1=O. The Morgan fingerprint density at radius 2 is 0.875 bits per heavy atom. The molecule has 0 aromatic carbocycles. The van der Waals surface area contributed by atoms with Gasteiger partial charge in [-0.05, 0) is 55.4 Å². The molecule has 12 heteroatoms. The summed E-state index contributed by atoms with van der Waals surface area (Å²) in [7, 11) is 0. The van der Waals surface area contributed by atoms with Crippen LogP contribution in [0.3, 0.4) is 0 Å². The van der Waals surface area contributed by atoms with E-state index in [-0.39, 0.29) is 11.4 Å². The number of hydrogen-bond acceptors (Lipinski definition) is 6. The molecule has 10 nitrogen and oxygen atoms in total. The largest absolute Gasteiger partial charge is 0.339 e. The van der Waals surface area contributed by atoms with Crippen molar-refractivity contribution in [3.8, 4) is 0 Å². The third-order valence-corrected chi connectivity index (χ3v) is 5.65. The molecule has 0 spiro atoms. The number of carbonyl (C=O) groups excluding carboxylic acids is 2. The minimum Gasteiger partial charge on any atom is -0.267 e. The molecular formula is C20H24Cl2N4O6. The zero-order valence-electron chi connectivity index (χ0n) is 19.0. The molecule has 0 amide bonds. The lowest BCUT2D eigenvalue weighted by molar-refractivity contribution is 0.0699. The predicted octanol–water partition coefficient (Wildman–Crippen LogP) is 1.75. The topological polar surface area (TPSA) is 122 Å². The Bertz CT molecular complexity index is 1290. The maximum atomic E-state index is 13.1. The van der Waals surface area contributed by atoms with E-state index in [4.69, 9.17) is 23.2 Å². The van der Waals surface area contributed by atoms with Crippen molar-refractivity contribution in [1.29, 1.82) is 0 Å². The van der Waals surface area contributed by atoms with E-state index in [1.54, 1.807) is 41.5 Å². The Morgan fingerprint density at radius 1 is 0.625 bits per heavy atom. The number of nitrogens with zero attached hydrogens (tertiary/aromatic N) is 4. The second-order valence-corrected chi connectivity index (χ2v) is 10.0. The van der Waals surface area contributed by atoms with Crippen LogP contribution in [0.15, 0.2) is 19.2 Å². The minimum atomic E-state index is -1.44. The zero-order valence-corrected chi connectivity index (χ0v) is 20.5. The Hall–Kier alpha value is -2.72. The fourth-order valence-electron chi connectivity index (χ4n) is 3.22. The molecule has 0 atom stereocenters. The lowest BCUT2D eigenvalue weighted by Crippen LogP contribution is -2.54. The molecule has 2 aromatic heterocycles. The Balaban J connectivity index is 2.94. The van der Waals surface area contributed by atoms with Gasteiger partial charge in [0.1, 0.15) is 10.0 Å². The minimum absolute atomic E-state index is 0.263. The molecule has 0 aliphatic heterocycles. The van der Waals surface area contributed by atoms with E-state index in [1.165, 1.54) is 13.8 Å². The van der Waals surface area contributed by atoms with Crippen molar-refractivity contribution in [3.63, 3.8) is 0 Å². The number of carbonyl (C=O) groups is 2. The quantitative estimate of drug-likeness (QED) is 0.522. The van der Waals surface area contributed by atoms with Gasteiger partial charge in [-0.1, -0.05) is 23.2 Å². The van der Waals surface area contributed by atoms with Crippen LogP contribution in [0.5, 0.6) is 0 Å². The van der Waals surface area contributed by atoms with Crippen molar-refractivity contribution in [2.24, 2.45) is 0 Å². The van der Waals surface area contributed by atoms with Crippen LogP contribution in [0, 0.1) is 13.8 Å². The second-order valence-electron chi connectivity index (χ2n) is 9.27. The first-order valence-electron chi connectivity index (χ1n) is 9.54. The van der Waals surface area contributed by atoms with Crippen LogP contribution >= 0.6 is 23.2 Å². The number of aromatic nitrogens is 4. The van der Waals surface area contributed by atoms with Crippen molar-refractivity contribution in [2.45, 2.75) is 66.5 Å². The summed E-state index contributed by atoms with van der Waals surface area (Å²) in [6.45, 7) is 11.7. The van der Waals surface area contributed by atoms with Crippen LogP contribution in [0.4, 0.5) is 0 Å². The second kappa shape index (κ2) is 8.00. The van der Waals surface area contributed by atoms with Crippen molar-refractivity contribution in [3.05, 3.63) is 63.1 Å². The van der Waals surface area contributed by atoms with E-state index in [2.05, 4.69) is 0 Å². The maximum absolute atomic E-state index is 13.1. The van der Waals surface area contributed by atoms with Gasteiger partial charge in [0.15, 0.2) is 0 Å². The van der Waals surface area contributed by atoms with Gasteiger partial charge in [0.05, 0.1) is 11.4 Å². The standard InChI is InChI=1S/C20H24Cl2N4O6/c1-9-11(21)13(27)25(19(3,4)5)17(31)23(9)15(29)16(30)24-10(2)12(22)14(28)26(18(24)32)20(6,7)8/h1-8H3. The third-order valence-electron chi connectivity index (χ3n) is 4.78. The molecule has 0 saturated carbocycles. The Morgan fingerprint density at radius 3 is 1.09 bits per heavy atom. The van der Waals surface area contributed by atoms with Gasteiger partial charge in [0, 0.05) is 11.1 Å². The lowest BCUT2D eigenvalue weighted by atomic mass is 10.1. The van der Waals surface area contributed by atoms with Crippen LogP contribution in [0.1, 0.15) is 62.5 Å². The highest BCUT2D eigenvalue weighted by molar-refractivity contribution is 6.38. The molecule has 174 valence electrons. The lowest BCUT2D eigenvalue weighted by Gasteiger charge is -2.24. The first kappa shape index (κ1) is 25.5.